The lowest BCUT2D eigenvalue weighted by Gasteiger charge is -2.16. The molecule has 3 rings (SSSR count). The normalized spacial score (nSPS) is 11.9. The Morgan fingerprint density at radius 2 is 1.81 bits per heavy atom. The molecular formula is C21H19ClN4O6. The van der Waals surface area contributed by atoms with Gasteiger partial charge in [-0.1, -0.05) is 29.8 Å². The van der Waals surface area contributed by atoms with Crippen molar-refractivity contribution in [3.8, 4) is 0 Å². The monoisotopic (exact) mass is 458 g/mol. The Hall–Kier alpha value is -3.79. The number of anilines is 1. The summed E-state index contributed by atoms with van der Waals surface area (Å²) in [5, 5.41) is 18.0. The fourth-order valence-corrected chi connectivity index (χ4v) is 3.15. The van der Waals surface area contributed by atoms with E-state index < -0.39 is 22.9 Å². The van der Waals surface area contributed by atoms with Crippen molar-refractivity contribution >= 4 is 45.6 Å². The van der Waals surface area contributed by atoms with Crippen LogP contribution in [0.4, 0.5) is 11.4 Å². The zero-order chi connectivity index (χ0) is 23.6. The summed E-state index contributed by atoms with van der Waals surface area (Å²) in [5.74, 6) is -1.58. The summed E-state index contributed by atoms with van der Waals surface area (Å²) < 4.78 is 6.46. The van der Waals surface area contributed by atoms with Crippen molar-refractivity contribution < 1.29 is 19.2 Å². The number of esters is 1. The predicted octanol–water partition coefficient (Wildman–Crippen LogP) is 3.72. The second kappa shape index (κ2) is 9.15. The number of nitrogens with zero attached hydrogens (tertiary/aromatic N) is 3. The Kier molecular flexibility index (Phi) is 6.54. The third-order valence-corrected chi connectivity index (χ3v) is 4.90. The maximum Gasteiger partial charge on any atom is 0.360 e. The predicted molar refractivity (Wildman–Crippen MR) is 118 cm³/mol. The first kappa shape index (κ1) is 22.9. The van der Waals surface area contributed by atoms with Gasteiger partial charge in [-0.05, 0) is 32.9 Å². The standard InChI is InChI=1S/C21H19ClN4O6/c1-11(2)25-20(28)15-7-5-4-6-14(15)18(24-25)21(29)32-12(3)19(27)23-17-9-8-13(26(30)31)10-16(17)22/h4-12H,1-3H3,(H,23,27). The molecule has 0 spiro atoms. The molecule has 1 unspecified atom stereocenters. The second-order valence-electron chi connectivity index (χ2n) is 7.20. The molecule has 1 aromatic heterocycles. The van der Waals surface area contributed by atoms with Crippen LogP contribution in [-0.4, -0.2) is 32.7 Å². The van der Waals surface area contributed by atoms with E-state index >= 15 is 0 Å². The van der Waals surface area contributed by atoms with Crippen LogP contribution >= 0.6 is 11.6 Å². The van der Waals surface area contributed by atoms with Crippen LogP contribution in [0.15, 0.2) is 47.3 Å². The van der Waals surface area contributed by atoms with Crippen molar-refractivity contribution in [3.05, 3.63) is 73.6 Å². The highest BCUT2D eigenvalue weighted by Crippen LogP contribution is 2.27. The lowest BCUT2D eigenvalue weighted by atomic mass is 10.1. The first-order valence-corrected chi connectivity index (χ1v) is 9.95. The average Bonchev–Trinajstić information content (AvgIpc) is 2.74. The minimum absolute atomic E-state index is 0.0391. The minimum atomic E-state index is -1.24. The van der Waals surface area contributed by atoms with Crippen LogP contribution in [0.5, 0.6) is 0 Å². The molecule has 0 saturated heterocycles. The molecule has 0 radical (unpaired) electrons. The lowest BCUT2D eigenvalue weighted by Crippen LogP contribution is -2.32. The summed E-state index contributed by atoms with van der Waals surface area (Å²) in [6, 6.07) is 9.75. The highest BCUT2D eigenvalue weighted by molar-refractivity contribution is 6.34. The Balaban J connectivity index is 1.84. The van der Waals surface area contributed by atoms with Gasteiger partial charge in [0.15, 0.2) is 11.8 Å². The van der Waals surface area contributed by atoms with Crippen molar-refractivity contribution in [2.24, 2.45) is 0 Å². The first-order chi connectivity index (χ1) is 15.1. The summed E-state index contributed by atoms with van der Waals surface area (Å²) in [6.45, 7) is 4.86. The van der Waals surface area contributed by atoms with Gasteiger partial charge in [0.1, 0.15) is 0 Å². The quantitative estimate of drug-likeness (QED) is 0.338. The van der Waals surface area contributed by atoms with Crippen molar-refractivity contribution in [1.29, 1.82) is 0 Å². The van der Waals surface area contributed by atoms with Crippen molar-refractivity contribution in [3.63, 3.8) is 0 Å². The SMILES string of the molecule is CC(OC(=O)c1nn(C(C)C)c(=O)c2ccccc12)C(=O)Nc1ccc([N+](=O)[O-])cc1Cl. The van der Waals surface area contributed by atoms with E-state index in [-0.39, 0.29) is 33.7 Å². The van der Waals surface area contributed by atoms with Crippen molar-refractivity contribution in [2.45, 2.75) is 32.9 Å². The maximum atomic E-state index is 12.8. The number of rotatable bonds is 6. The molecule has 0 saturated carbocycles. The number of halogens is 1. The number of nitrogens with one attached hydrogen (secondary N) is 1. The van der Waals surface area contributed by atoms with Gasteiger partial charge in [0, 0.05) is 17.5 Å². The number of carbonyl (C=O) groups is 2. The van der Waals surface area contributed by atoms with E-state index in [9.17, 15) is 24.5 Å². The van der Waals surface area contributed by atoms with Crippen LogP contribution in [0, 0.1) is 10.1 Å². The molecule has 0 aliphatic rings. The van der Waals surface area contributed by atoms with Gasteiger partial charge in [-0.2, -0.15) is 5.10 Å². The number of aromatic nitrogens is 2. The number of nitro benzene ring substituents is 1. The van der Waals surface area contributed by atoms with Crippen molar-refractivity contribution in [1.82, 2.24) is 9.78 Å². The highest BCUT2D eigenvalue weighted by atomic mass is 35.5. The van der Waals surface area contributed by atoms with E-state index in [1.54, 1.807) is 38.1 Å². The molecule has 0 aliphatic carbocycles. The number of non-ortho nitro benzene ring substituents is 1. The molecule has 1 heterocycles. The van der Waals surface area contributed by atoms with Gasteiger partial charge in [0.2, 0.25) is 0 Å². The van der Waals surface area contributed by atoms with Gasteiger partial charge in [0.25, 0.3) is 17.2 Å². The largest absolute Gasteiger partial charge is 0.448 e. The molecule has 1 N–H and O–H groups in total. The van der Waals surface area contributed by atoms with Gasteiger partial charge in [0.05, 0.1) is 27.1 Å². The Morgan fingerprint density at radius 1 is 1.16 bits per heavy atom. The van der Waals surface area contributed by atoms with Crippen LogP contribution in [0.2, 0.25) is 5.02 Å². The van der Waals surface area contributed by atoms with Crippen LogP contribution < -0.4 is 10.9 Å². The van der Waals surface area contributed by atoms with E-state index in [0.29, 0.717) is 10.8 Å². The Labute approximate surface area is 186 Å². The van der Waals surface area contributed by atoms with Gasteiger partial charge in [-0.15, -0.1) is 0 Å². The average molecular weight is 459 g/mol. The Bertz CT molecular complexity index is 1290. The van der Waals surface area contributed by atoms with Crippen LogP contribution in [0.25, 0.3) is 10.8 Å². The summed E-state index contributed by atoms with van der Waals surface area (Å²) >= 11 is 5.98. The Morgan fingerprint density at radius 3 is 2.41 bits per heavy atom. The molecule has 0 bridgehead atoms. The van der Waals surface area contributed by atoms with Gasteiger partial charge < -0.3 is 10.1 Å². The molecule has 11 heteroatoms. The highest BCUT2D eigenvalue weighted by Gasteiger charge is 2.24. The maximum absolute atomic E-state index is 12.8. The molecule has 0 fully saturated rings. The molecule has 0 aliphatic heterocycles. The summed E-state index contributed by atoms with van der Waals surface area (Å²) in [5.41, 5.74) is -0.541. The molecule has 1 amide bonds. The van der Waals surface area contributed by atoms with Gasteiger partial charge in [-0.25, -0.2) is 9.48 Å². The second-order valence-corrected chi connectivity index (χ2v) is 7.60. The number of carbonyl (C=O) groups excluding carboxylic acids is 2. The van der Waals surface area contributed by atoms with E-state index in [2.05, 4.69) is 10.4 Å². The zero-order valence-electron chi connectivity index (χ0n) is 17.4. The molecule has 3 aromatic rings. The van der Waals surface area contributed by atoms with Crippen LogP contribution in [0.3, 0.4) is 0 Å². The lowest BCUT2D eigenvalue weighted by molar-refractivity contribution is -0.384. The number of hydrogen-bond acceptors (Lipinski definition) is 7. The summed E-state index contributed by atoms with van der Waals surface area (Å²) in [4.78, 5) is 48.1. The number of fused-ring (bicyclic) bond motifs is 1. The minimum Gasteiger partial charge on any atom is -0.448 e. The summed E-state index contributed by atoms with van der Waals surface area (Å²) in [7, 11) is 0. The van der Waals surface area contributed by atoms with Gasteiger partial charge in [-0.3, -0.25) is 19.7 Å². The molecular weight excluding hydrogens is 440 g/mol. The van der Waals surface area contributed by atoms with E-state index in [1.165, 1.54) is 23.7 Å². The molecule has 10 nitrogen and oxygen atoms in total. The summed E-state index contributed by atoms with van der Waals surface area (Å²) in [6.07, 6.45) is -1.24. The number of nitro groups is 1. The molecule has 32 heavy (non-hydrogen) atoms. The van der Waals surface area contributed by atoms with Crippen LogP contribution in [0.1, 0.15) is 37.3 Å². The third kappa shape index (κ3) is 4.59. The van der Waals surface area contributed by atoms with Gasteiger partial charge >= 0.3 is 5.97 Å². The number of ether oxygens (including phenoxy) is 1. The molecule has 166 valence electrons. The fraction of sp³-hybridized carbons (Fsp3) is 0.238. The van der Waals surface area contributed by atoms with E-state index in [0.717, 1.165) is 6.07 Å². The van der Waals surface area contributed by atoms with E-state index in [4.69, 9.17) is 16.3 Å². The topological polar surface area (TPSA) is 133 Å². The smallest absolute Gasteiger partial charge is 0.360 e. The zero-order valence-corrected chi connectivity index (χ0v) is 18.1. The number of benzene rings is 2. The van der Waals surface area contributed by atoms with E-state index in [1.807, 2.05) is 0 Å². The first-order valence-electron chi connectivity index (χ1n) is 9.57. The van der Waals surface area contributed by atoms with Crippen molar-refractivity contribution in [2.75, 3.05) is 5.32 Å². The number of amides is 1. The molecule has 1 atom stereocenters. The van der Waals surface area contributed by atoms with Crippen LogP contribution in [-0.2, 0) is 9.53 Å². The third-order valence-electron chi connectivity index (χ3n) is 4.59. The number of hydrogen-bond donors (Lipinski definition) is 1. The fourth-order valence-electron chi connectivity index (χ4n) is 2.93. The molecule has 2 aromatic carbocycles.